The van der Waals surface area contributed by atoms with Gasteiger partial charge in [0.05, 0.1) is 5.69 Å². The molecule has 0 fully saturated rings. The minimum absolute atomic E-state index is 0.238. The van der Waals surface area contributed by atoms with Crippen molar-refractivity contribution >= 4 is 68.9 Å². The van der Waals surface area contributed by atoms with Crippen molar-refractivity contribution in [2.75, 3.05) is 55.0 Å². The normalized spacial score (nSPS) is 14.2. The molecule has 318 valence electrons. The van der Waals surface area contributed by atoms with Crippen LogP contribution in [0.2, 0.25) is 0 Å². The highest BCUT2D eigenvalue weighted by Crippen LogP contribution is 2.58. The van der Waals surface area contributed by atoms with Crippen LogP contribution in [0.25, 0.3) is 10.8 Å². The summed E-state index contributed by atoms with van der Waals surface area (Å²) in [6, 6.07) is 34.9. The molecule has 0 saturated carbocycles. The summed E-state index contributed by atoms with van der Waals surface area (Å²) in [5.41, 5.74) is 8.63. The van der Waals surface area contributed by atoms with Gasteiger partial charge in [0, 0.05) is 108 Å². The molecular weight excluding hydrogens is 813 g/mol. The van der Waals surface area contributed by atoms with Crippen molar-refractivity contribution in [3.63, 3.8) is 0 Å². The number of hydrogen-bond donors (Lipinski definition) is 1. The summed E-state index contributed by atoms with van der Waals surface area (Å²) in [5, 5.41) is 2.67. The van der Waals surface area contributed by atoms with Crippen LogP contribution in [0.4, 0.5) is 21.9 Å². The average molecular weight is 859 g/mol. The summed E-state index contributed by atoms with van der Waals surface area (Å²) in [7, 11) is 3.14. The van der Waals surface area contributed by atoms with Gasteiger partial charge in [-0.2, -0.15) is 0 Å². The molecule has 63 heavy (non-hydrogen) atoms. The van der Waals surface area contributed by atoms with E-state index in [0.717, 1.165) is 64.7 Å². The molecule has 1 spiro atoms. The topological polar surface area (TPSA) is 115 Å². The lowest BCUT2D eigenvalue weighted by atomic mass is 9.75. The van der Waals surface area contributed by atoms with E-state index in [9.17, 15) is 19.2 Å². The molecule has 6 aromatic rings. The van der Waals surface area contributed by atoms with E-state index in [1.165, 1.54) is 4.90 Å². The van der Waals surface area contributed by atoms with Crippen molar-refractivity contribution < 1.29 is 28.7 Å². The number of benzene rings is 6. The second-order valence-electron chi connectivity index (χ2n) is 15.7. The van der Waals surface area contributed by atoms with Crippen LogP contribution in [-0.2, 0) is 5.54 Å². The summed E-state index contributed by atoms with van der Waals surface area (Å²) in [6.07, 6.45) is -0.586. The molecule has 1 N–H and O–H groups in total. The molecule has 0 saturated heterocycles. The Morgan fingerprint density at radius 1 is 0.683 bits per heavy atom. The van der Waals surface area contributed by atoms with E-state index in [1.807, 2.05) is 18.2 Å². The van der Waals surface area contributed by atoms with Gasteiger partial charge in [-0.15, -0.1) is 0 Å². The van der Waals surface area contributed by atoms with E-state index >= 15 is 0 Å². The van der Waals surface area contributed by atoms with Gasteiger partial charge in [-0.05, 0) is 87.9 Å². The van der Waals surface area contributed by atoms with Crippen LogP contribution in [0, 0.1) is 0 Å². The molecule has 3 heterocycles. The molecule has 0 radical (unpaired) electrons. The predicted molar refractivity (Wildman–Crippen MR) is 249 cm³/mol. The fourth-order valence-electron chi connectivity index (χ4n) is 9.17. The molecule has 3 aliphatic rings. The lowest BCUT2D eigenvalue weighted by Crippen LogP contribution is -2.55. The fraction of sp³-hybridized carbons (Fsp3) is 0.220. The largest absolute Gasteiger partial charge is 0.456 e. The number of amides is 4. The van der Waals surface area contributed by atoms with Gasteiger partial charge in [-0.1, -0.05) is 60.7 Å². The number of imide groups is 1. The maximum absolute atomic E-state index is 14.6. The monoisotopic (exact) mass is 858 g/mol. The van der Waals surface area contributed by atoms with E-state index in [2.05, 4.69) is 85.4 Å². The number of fused-ring (bicyclic) bond motifs is 6. The lowest BCUT2D eigenvalue weighted by Gasteiger charge is -2.45. The second kappa shape index (κ2) is 15.9. The maximum Gasteiger partial charge on any atom is 0.414 e. The zero-order valence-corrected chi connectivity index (χ0v) is 36.7. The van der Waals surface area contributed by atoms with E-state index in [-0.39, 0.29) is 28.1 Å². The number of nitrogens with zero attached hydrogens (tertiary/aromatic N) is 5. The van der Waals surface area contributed by atoms with Gasteiger partial charge in [0.1, 0.15) is 27.8 Å². The molecule has 3 aliphatic heterocycles. The van der Waals surface area contributed by atoms with Gasteiger partial charge >= 0.3 is 6.09 Å². The Hall–Kier alpha value is -7.25. The van der Waals surface area contributed by atoms with E-state index < -0.39 is 29.4 Å². The quantitative estimate of drug-likeness (QED) is 0.106. The summed E-state index contributed by atoms with van der Waals surface area (Å²) in [5.74, 6) is 0.0209. The smallest absolute Gasteiger partial charge is 0.414 e. The number of rotatable bonds is 10. The zero-order valence-electron chi connectivity index (χ0n) is 35.9. The standard InChI is InChI=1S/C50H46N6O6S/c1-7-53(8-2)32-22-25-39-42(28-32)61-43-29-33(54(9-3)10-4)23-26-40(43)50(39)38-17-12-11-14-34(38)48(63)56(50)51-45(57)30-18-20-31(21-19-30)55-46(58)36-16-13-15-35-41(62-49(60)52(5)6)27-24-37(44(35)36)47(55)59/h11-29H,7-10H2,1-6H3,(H,51,57). The van der Waals surface area contributed by atoms with Crippen molar-refractivity contribution in [3.8, 4) is 17.2 Å². The Bertz CT molecular complexity index is 2800. The molecule has 0 bridgehead atoms. The third-order valence-electron chi connectivity index (χ3n) is 12.3. The van der Waals surface area contributed by atoms with Crippen LogP contribution >= 0.6 is 12.2 Å². The first kappa shape index (κ1) is 41.1. The Morgan fingerprint density at radius 2 is 1.25 bits per heavy atom. The van der Waals surface area contributed by atoms with E-state index in [4.69, 9.17) is 21.7 Å². The van der Waals surface area contributed by atoms with Gasteiger partial charge in [0.2, 0.25) is 0 Å². The van der Waals surface area contributed by atoms with Crippen molar-refractivity contribution in [1.29, 1.82) is 0 Å². The van der Waals surface area contributed by atoms with Crippen molar-refractivity contribution in [1.82, 2.24) is 15.3 Å². The van der Waals surface area contributed by atoms with E-state index in [0.29, 0.717) is 27.3 Å². The highest BCUT2D eigenvalue weighted by Gasteiger charge is 2.56. The molecule has 12 nitrogen and oxygen atoms in total. The van der Waals surface area contributed by atoms with Crippen LogP contribution in [0.1, 0.15) is 81.0 Å². The highest BCUT2D eigenvalue weighted by atomic mass is 32.1. The van der Waals surface area contributed by atoms with Crippen LogP contribution < -0.4 is 29.6 Å². The summed E-state index contributed by atoms with van der Waals surface area (Å²) < 4.78 is 12.4. The lowest BCUT2D eigenvalue weighted by molar-refractivity contribution is 0.0805. The molecule has 4 amide bonds. The Kier molecular flexibility index (Phi) is 10.4. The number of hydrazine groups is 1. The van der Waals surface area contributed by atoms with Gasteiger partial charge in [-0.3, -0.25) is 24.8 Å². The second-order valence-corrected chi connectivity index (χ2v) is 16.1. The van der Waals surface area contributed by atoms with Crippen molar-refractivity contribution in [3.05, 3.63) is 154 Å². The van der Waals surface area contributed by atoms with E-state index in [1.54, 1.807) is 73.7 Å². The number of thiocarbonyl (C=S) groups is 1. The minimum atomic E-state index is -1.11. The number of hydrogen-bond acceptors (Lipinski definition) is 9. The molecule has 0 aliphatic carbocycles. The first-order chi connectivity index (χ1) is 30.5. The Balaban J connectivity index is 1.09. The molecule has 0 aromatic heterocycles. The number of carbonyl (C=O) groups excluding carboxylic acids is 4. The first-order valence-electron chi connectivity index (χ1n) is 21.1. The zero-order chi connectivity index (χ0) is 44.3. The predicted octanol–water partition coefficient (Wildman–Crippen LogP) is 9.13. The molecule has 0 atom stereocenters. The number of carbonyl (C=O) groups is 4. The van der Waals surface area contributed by atoms with Crippen molar-refractivity contribution in [2.24, 2.45) is 0 Å². The molecule has 6 aromatic carbocycles. The maximum atomic E-state index is 14.6. The SMILES string of the molecule is CCN(CC)c1ccc2c(c1)Oc1cc(N(CC)CC)ccc1C21c2ccccc2C(=S)N1NC(=O)c1ccc(N2C(=O)c3cccc4c(OC(=O)N(C)C)ccc(c34)C2=O)cc1. The van der Waals surface area contributed by atoms with Crippen LogP contribution in [0.3, 0.4) is 0 Å². The van der Waals surface area contributed by atoms with Crippen molar-refractivity contribution in [2.45, 2.75) is 33.2 Å². The molecular formula is C50H46N6O6S. The highest BCUT2D eigenvalue weighted by molar-refractivity contribution is 7.80. The Morgan fingerprint density at radius 3 is 1.84 bits per heavy atom. The van der Waals surface area contributed by atoms with Gasteiger partial charge in [0.15, 0.2) is 0 Å². The summed E-state index contributed by atoms with van der Waals surface area (Å²) >= 11 is 6.26. The van der Waals surface area contributed by atoms with Gasteiger partial charge < -0.3 is 24.2 Å². The Labute approximate surface area is 371 Å². The molecule has 13 heteroatoms. The fourth-order valence-corrected chi connectivity index (χ4v) is 9.53. The first-order valence-corrected chi connectivity index (χ1v) is 21.5. The third kappa shape index (κ3) is 6.36. The van der Waals surface area contributed by atoms with Crippen LogP contribution in [-0.4, -0.2) is 79.0 Å². The molecule has 0 unspecified atom stereocenters. The summed E-state index contributed by atoms with van der Waals surface area (Å²) in [4.78, 5) is 62.5. The minimum Gasteiger partial charge on any atom is -0.456 e. The van der Waals surface area contributed by atoms with Gasteiger partial charge in [0.25, 0.3) is 17.7 Å². The number of anilines is 3. The number of ether oxygens (including phenoxy) is 2. The van der Waals surface area contributed by atoms with Gasteiger partial charge in [-0.25, -0.2) is 9.69 Å². The third-order valence-corrected chi connectivity index (χ3v) is 12.7. The molecule has 9 rings (SSSR count). The van der Waals surface area contributed by atoms with Crippen LogP contribution in [0.5, 0.6) is 17.2 Å². The summed E-state index contributed by atoms with van der Waals surface area (Å²) in [6.45, 7) is 11.8. The van der Waals surface area contributed by atoms with Crippen LogP contribution in [0.15, 0.2) is 115 Å². The average Bonchev–Trinajstić information content (AvgIpc) is 3.53. The number of nitrogens with one attached hydrogen (secondary N) is 1.